The number of anilines is 1. The van der Waals surface area contributed by atoms with Crippen LogP contribution in [-0.2, 0) is 0 Å². The van der Waals surface area contributed by atoms with E-state index >= 15 is 0 Å². The second-order valence-corrected chi connectivity index (χ2v) is 4.36. The number of hydrogen-bond donors (Lipinski definition) is 1. The number of benzene rings is 1. The second-order valence-electron chi connectivity index (χ2n) is 3.17. The van der Waals surface area contributed by atoms with Crippen molar-refractivity contribution < 1.29 is 9.21 Å². The zero-order valence-electron chi connectivity index (χ0n) is 8.04. The highest BCUT2D eigenvalue weighted by Crippen LogP contribution is 2.24. The van der Waals surface area contributed by atoms with Gasteiger partial charge in [-0.3, -0.25) is 4.79 Å². The minimum Gasteiger partial charge on any atom is -0.446 e. The first kappa shape index (κ1) is 11.2. The van der Waals surface area contributed by atoms with Crippen LogP contribution in [0.4, 0.5) is 5.69 Å². The van der Waals surface area contributed by atoms with E-state index in [1.54, 1.807) is 24.3 Å². The van der Waals surface area contributed by atoms with Gasteiger partial charge in [0.15, 0.2) is 10.4 Å². The topological polar surface area (TPSA) is 56.2 Å². The monoisotopic (exact) mass is 299 g/mol. The molecular formula is C11H7BrClNO2. The van der Waals surface area contributed by atoms with Gasteiger partial charge >= 0.3 is 0 Å². The van der Waals surface area contributed by atoms with Crippen LogP contribution in [0.2, 0.25) is 5.02 Å². The minimum atomic E-state index is -0.289. The third kappa shape index (κ3) is 2.13. The van der Waals surface area contributed by atoms with E-state index in [0.717, 1.165) is 0 Å². The number of furan rings is 1. The third-order valence-corrected chi connectivity index (χ3v) is 2.79. The average Bonchev–Trinajstić information content (AvgIpc) is 2.67. The highest BCUT2D eigenvalue weighted by atomic mass is 79.9. The van der Waals surface area contributed by atoms with Crippen LogP contribution in [0.15, 0.2) is 39.4 Å². The van der Waals surface area contributed by atoms with E-state index in [-0.39, 0.29) is 11.5 Å². The SMILES string of the molecule is Nc1ccc(Cl)c(C(=O)c2ccc(Br)o2)c1. The fourth-order valence-corrected chi connectivity index (χ4v) is 1.80. The van der Waals surface area contributed by atoms with Gasteiger partial charge in [-0.05, 0) is 46.3 Å². The van der Waals surface area contributed by atoms with Crippen molar-refractivity contribution in [1.29, 1.82) is 0 Å². The number of rotatable bonds is 2. The van der Waals surface area contributed by atoms with Crippen LogP contribution in [0, 0.1) is 0 Å². The van der Waals surface area contributed by atoms with Gasteiger partial charge in [-0.25, -0.2) is 0 Å². The van der Waals surface area contributed by atoms with Crippen LogP contribution >= 0.6 is 27.5 Å². The lowest BCUT2D eigenvalue weighted by molar-refractivity contribution is 0.101. The van der Waals surface area contributed by atoms with Crippen molar-refractivity contribution in [2.45, 2.75) is 0 Å². The fraction of sp³-hybridized carbons (Fsp3) is 0. The van der Waals surface area contributed by atoms with E-state index < -0.39 is 0 Å². The quantitative estimate of drug-likeness (QED) is 0.682. The largest absolute Gasteiger partial charge is 0.446 e. The number of nitrogen functional groups attached to an aromatic ring is 1. The molecule has 0 spiro atoms. The number of ketones is 1. The number of halogens is 2. The van der Waals surface area contributed by atoms with E-state index in [1.807, 2.05) is 0 Å². The molecule has 0 radical (unpaired) electrons. The Morgan fingerprint density at radius 2 is 2.06 bits per heavy atom. The fourth-order valence-electron chi connectivity index (χ4n) is 1.29. The molecule has 1 heterocycles. The summed E-state index contributed by atoms with van der Waals surface area (Å²) in [7, 11) is 0. The molecule has 0 saturated carbocycles. The standard InChI is InChI=1S/C11H7BrClNO2/c12-10-4-3-9(16-10)11(15)7-5-6(14)1-2-8(7)13/h1-5H,14H2. The molecule has 0 aliphatic carbocycles. The molecule has 0 fully saturated rings. The maximum atomic E-state index is 12.0. The summed E-state index contributed by atoms with van der Waals surface area (Å²) in [5, 5.41) is 0.353. The van der Waals surface area contributed by atoms with Crippen molar-refractivity contribution in [3.05, 3.63) is 51.3 Å². The number of carbonyl (C=O) groups is 1. The predicted octanol–water partition coefficient (Wildman–Crippen LogP) is 3.51. The van der Waals surface area contributed by atoms with Crippen LogP contribution in [-0.4, -0.2) is 5.78 Å². The van der Waals surface area contributed by atoms with Gasteiger partial charge in [-0.2, -0.15) is 0 Å². The van der Waals surface area contributed by atoms with Crippen molar-refractivity contribution >= 4 is 39.0 Å². The van der Waals surface area contributed by atoms with E-state index in [4.69, 9.17) is 21.8 Å². The number of nitrogens with two attached hydrogens (primary N) is 1. The molecule has 0 unspecified atom stereocenters. The molecule has 0 aliphatic rings. The maximum Gasteiger partial charge on any atom is 0.229 e. The molecule has 1 aromatic carbocycles. The molecule has 16 heavy (non-hydrogen) atoms. The molecule has 1 aromatic heterocycles. The van der Waals surface area contributed by atoms with Crippen molar-refractivity contribution in [2.24, 2.45) is 0 Å². The Bertz CT molecular complexity index is 551. The second kappa shape index (κ2) is 4.31. The van der Waals surface area contributed by atoms with Crippen LogP contribution < -0.4 is 5.73 Å². The molecule has 0 saturated heterocycles. The van der Waals surface area contributed by atoms with E-state index in [0.29, 0.717) is 20.9 Å². The van der Waals surface area contributed by atoms with Gasteiger partial charge in [0.2, 0.25) is 5.78 Å². The molecule has 0 bridgehead atoms. The van der Waals surface area contributed by atoms with Gasteiger partial charge in [0.1, 0.15) is 0 Å². The van der Waals surface area contributed by atoms with Crippen LogP contribution in [0.3, 0.4) is 0 Å². The van der Waals surface area contributed by atoms with Gasteiger partial charge in [-0.15, -0.1) is 0 Å². The molecule has 82 valence electrons. The highest BCUT2D eigenvalue weighted by Gasteiger charge is 2.16. The molecule has 2 N–H and O–H groups in total. The first-order valence-electron chi connectivity index (χ1n) is 4.43. The highest BCUT2D eigenvalue weighted by molar-refractivity contribution is 9.10. The minimum absolute atomic E-state index is 0.222. The zero-order chi connectivity index (χ0) is 11.7. The summed E-state index contributed by atoms with van der Waals surface area (Å²) in [5.74, 6) is -0.0672. The van der Waals surface area contributed by atoms with Crippen molar-refractivity contribution in [3.8, 4) is 0 Å². The normalized spacial score (nSPS) is 10.4. The summed E-state index contributed by atoms with van der Waals surface area (Å²) in [6, 6.07) is 7.97. The lowest BCUT2D eigenvalue weighted by Crippen LogP contribution is -2.01. The first-order valence-corrected chi connectivity index (χ1v) is 5.60. The summed E-state index contributed by atoms with van der Waals surface area (Å²) >= 11 is 9.05. The van der Waals surface area contributed by atoms with Gasteiger partial charge in [0.25, 0.3) is 0 Å². The molecule has 5 heteroatoms. The molecule has 0 atom stereocenters. The number of hydrogen-bond acceptors (Lipinski definition) is 3. The van der Waals surface area contributed by atoms with Crippen molar-refractivity contribution in [3.63, 3.8) is 0 Å². The van der Waals surface area contributed by atoms with Gasteiger partial charge < -0.3 is 10.2 Å². The molecule has 3 nitrogen and oxygen atoms in total. The lowest BCUT2D eigenvalue weighted by atomic mass is 10.1. The van der Waals surface area contributed by atoms with Gasteiger partial charge in [0.05, 0.1) is 5.02 Å². The Morgan fingerprint density at radius 3 is 2.69 bits per heavy atom. The third-order valence-electron chi connectivity index (χ3n) is 2.03. The molecule has 0 amide bonds. The van der Waals surface area contributed by atoms with Crippen molar-refractivity contribution in [2.75, 3.05) is 5.73 Å². The zero-order valence-corrected chi connectivity index (χ0v) is 10.4. The van der Waals surface area contributed by atoms with Crippen LogP contribution in [0.5, 0.6) is 0 Å². The van der Waals surface area contributed by atoms with Gasteiger partial charge in [-0.1, -0.05) is 11.6 Å². The maximum absolute atomic E-state index is 12.0. The Kier molecular flexibility index (Phi) is 3.03. The Morgan fingerprint density at radius 1 is 1.31 bits per heavy atom. The van der Waals surface area contributed by atoms with Crippen LogP contribution in [0.1, 0.15) is 16.1 Å². The smallest absolute Gasteiger partial charge is 0.229 e. The molecular weight excluding hydrogens is 293 g/mol. The first-order chi connectivity index (χ1) is 7.58. The van der Waals surface area contributed by atoms with Crippen molar-refractivity contribution in [1.82, 2.24) is 0 Å². The molecule has 2 rings (SSSR count). The Balaban J connectivity index is 2.45. The Labute approximate surface area is 105 Å². The summed E-state index contributed by atoms with van der Waals surface area (Å²) < 4.78 is 5.66. The van der Waals surface area contributed by atoms with E-state index in [9.17, 15) is 4.79 Å². The van der Waals surface area contributed by atoms with Gasteiger partial charge in [0, 0.05) is 11.3 Å². The number of carbonyl (C=O) groups excluding carboxylic acids is 1. The molecule has 2 aromatic rings. The lowest BCUT2D eigenvalue weighted by Gasteiger charge is -2.02. The average molecular weight is 301 g/mol. The summed E-state index contributed by atoms with van der Waals surface area (Å²) in [5.41, 5.74) is 6.42. The van der Waals surface area contributed by atoms with E-state index in [2.05, 4.69) is 15.9 Å². The van der Waals surface area contributed by atoms with Crippen LogP contribution in [0.25, 0.3) is 0 Å². The summed E-state index contributed by atoms with van der Waals surface area (Å²) in [4.78, 5) is 12.0. The summed E-state index contributed by atoms with van der Waals surface area (Å²) in [6.07, 6.45) is 0. The molecule has 0 aliphatic heterocycles. The summed E-state index contributed by atoms with van der Waals surface area (Å²) in [6.45, 7) is 0. The Hall–Kier alpha value is -1.26. The predicted molar refractivity (Wildman–Crippen MR) is 65.7 cm³/mol. The van der Waals surface area contributed by atoms with E-state index in [1.165, 1.54) is 6.07 Å².